The van der Waals surface area contributed by atoms with Crippen LogP contribution in [0.25, 0.3) is 0 Å². The molecular formula is C17H33NO3. The molecule has 0 radical (unpaired) electrons. The van der Waals surface area contributed by atoms with Crippen molar-refractivity contribution in [3.05, 3.63) is 0 Å². The van der Waals surface area contributed by atoms with E-state index >= 15 is 0 Å². The van der Waals surface area contributed by atoms with Gasteiger partial charge in [-0.1, -0.05) is 66.7 Å². The number of hydrogen-bond donors (Lipinski definition) is 1. The fraction of sp³-hybridized carbons (Fsp3) is 0.882. The third-order valence-corrected chi connectivity index (χ3v) is 3.79. The van der Waals surface area contributed by atoms with Gasteiger partial charge in [-0.15, -0.1) is 0 Å². The largest absolute Gasteiger partial charge is 0.453 e. The Morgan fingerprint density at radius 1 is 1.10 bits per heavy atom. The minimum Gasteiger partial charge on any atom is -0.453 e. The maximum Gasteiger partial charge on any atom is 0.407 e. The molecule has 21 heavy (non-hydrogen) atoms. The normalized spacial score (nSPS) is 14.4. The van der Waals surface area contributed by atoms with Crippen molar-refractivity contribution in [1.82, 2.24) is 5.32 Å². The van der Waals surface area contributed by atoms with Gasteiger partial charge in [0.05, 0.1) is 13.2 Å². The number of hydrogen-bond acceptors (Lipinski definition) is 3. The molecule has 0 aromatic heterocycles. The lowest BCUT2D eigenvalue weighted by atomic mass is 9.80. The number of ketones is 1. The van der Waals surface area contributed by atoms with Crippen molar-refractivity contribution in [2.45, 2.75) is 79.2 Å². The standard InChI is InChI=1S/C17H33NO3/c1-7-9-11-13(10-8-2)12-14(19)15(17(3,4)5)18-16(20)21-6/h13,15H,7-12H2,1-6H3,(H,18,20). The Kier molecular flexibility index (Phi) is 9.31. The molecule has 0 heterocycles. The maximum atomic E-state index is 12.6. The molecule has 0 aliphatic heterocycles. The number of carbonyl (C=O) groups is 2. The van der Waals surface area contributed by atoms with Gasteiger partial charge >= 0.3 is 6.09 Å². The van der Waals surface area contributed by atoms with E-state index in [9.17, 15) is 9.59 Å². The molecule has 0 saturated heterocycles. The molecule has 0 fully saturated rings. The number of carbonyl (C=O) groups excluding carboxylic acids is 2. The summed E-state index contributed by atoms with van der Waals surface area (Å²) < 4.78 is 4.64. The van der Waals surface area contributed by atoms with E-state index in [1.54, 1.807) is 0 Å². The second-order valence-electron chi connectivity index (χ2n) is 6.90. The summed E-state index contributed by atoms with van der Waals surface area (Å²) >= 11 is 0. The zero-order valence-electron chi connectivity index (χ0n) is 14.6. The van der Waals surface area contributed by atoms with Crippen molar-refractivity contribution in [2.75, 3.05) is 7.11 Å². The van der Waals surface area contributed by atoms with Crippen LogP contribution in [-0.4, -0.2) is 25.0 Å². The molecule has 1 N–H and O–H groups in total. The van der Waals surface area contributed by atoms with Crippen LogP contribution in [0.4, 0.5) is 4.79 Å². The Bertz CT molecular complexity index is 320. The van der Waals surface area contributed by atoms with Gasteiger partial charge in [-0.05, 0) is 11.3 Å². The molecule has 0 saturated carbocycles. The number of ether oxygens (including phenoxy) is 1. The third-order valence-electron chi connectivity index (χ3n) is 3.79. The monoisotopic (exact) mass is 299 g/mol. The average Bonchev–Trinajstić information content (AvgIpc) is 2.40. The van der Waals surface area contributed by atoms with Crippen LogP contribution in [0, 0.1) is 11.3 Å². The summed E-state index contributed by atoms with van der Waals surface area (Å²) in [6, 6.07) is -0.495. The number of nitrogens with one attached hydrogen (secondary N) is 1. The van der Waals surface area contributed by atoms with Gasteiger partial charge in [-0.2, -0.15) is 0 Å². The van der Waals surface area contributed by atoms with Gasteiger partial charge in [-0.25, -0.2) is 4.79 Å². The Morgan fingerprint density at radius 2 is 1.71 bits per heavy atom. The first kappa shape index (κ1) is 19.9. The number of unbranched alkanes of at least 4 members (excludes halogenated alkanes) is 1. The van der Waals surface area contributed by atoms with E-state index in [0.29, 0.717) is 12.3 Å². The number of methoxy groups -OCH3 is 1. The Balaban J connectivity index is 4.80. The minimum absolute atomic E-state index is 0.113. The lowest BCUT2D eigenvalue weighted by Gasteiger charge is -2.31. The van der Waals surface area contributed by atoms with Gasteiger partial charge < -0.3 is 10.1 Å². The fourth-order valence-corrected chi connectivity index (χ4v) is 2.61. The van der Waals surface area contributed by atoms with Crippen molar-refractivity contribution >= 4 is 11.9 Å². The van der Waals surface area contributed by atoms with Gasteiger partial charge in [-0.3, -0.25) is 4.79 Å². The van der Waals surface area contributed by atoms with Gasteiger partial charge in [0.15, 0.2) is 5.78 Å². The van der Waals surface area contributed by atoms with Crippen LogP contribution in [-0.2, 0) is 9.53 Å². The number of alkyl carbamates (subject to hydrolysis) is 1. The lowest BCUT2D eigenvalue weighted by molar-refractivity contribution is -0.124. The maximum absolute atomic E-state index is 12.6. The quantitative estimate of drug-likeness (QED) is 0.689. The molecule has 0 rings (SSSR count). The second-order valence-corrected chi connectivity index (χ2v) is 6.90. The smallest absolute Gasteiger partial charge is 0.407 e. The molecule has 0 aliphatic carbocycles. The Morgan fingerprint density at radius 3 is 2.14 bits per heavy atom. The molecule has 0 spiro atoms. The van der Waals surface area contributed by atoms with E-state index in [-0.39, 0.29) is 11.2 Å². The molecule has 4 nitrogen and oxygen atoms in total. The highest BCUT2D eigenvalue weighted by molar-refractivity contribution is 5.88. The van der Waals surface area contributed by atoms with Crippen molar-refractivity contribution in [3.63, 3.8) is 0 Å². The summed E-state index contributed by atoms with van der Waals surface area (Å²) in [6.45, 7) is 10.2. The van der Waals surface area contributed by atoms with Crippen LogP contribution in [0.3, 0.4) is 0 Å². The number of rotatable bonds is 9. The highest BCUT2D eigenvalue weighted by Gasteiger charge is 2.33. The Labute approximate surface area is 130 Å². The van der Waals surface area contributed by atoms with Crippen LogP contribution < -0.4 is 5.32 Å². The minimum atomic E-state index is -0.538. The van der Waals surface area contributed by atoms with E-state index in [1.165, 1.54) is 7.11 Å². The van der Waals surface area contributed by atoms with Gasteiger partial charge in [0.1, 0.15) is 0 Å². The van der Waals surface area contributed by atoms with Crippen molar-refractivity contribution in [3.8, 4) is 0 Å². The average molecular weight is 299 g/mol. The van der Waals surface area contributed by atoms with Crippen LogP contribution in [0.1, 0.15) is 73.1 Å². The van der Waals surface area contributed by atoms with Crippen molar-refractivity contribution < 1.29 is 14.3 Å². The molecule has 4 heteroatoms. The summed E-state index contributed by atoms with van der Waals surface area (Å²) in [6.07, 6.45) is 5.56. The first-order valence-corrected chi connectivity index (χ1v) is 8.13. The summed E-state index contributed by atoms with van der Waals surface area (Å²) in [5.41, 5.74) is -0.313. The van der Waals surface area contributed by atoms with Crippen LogP contribution in [0.2, 0.25) is 0 Å². The van der Waals surface area contributed by atoms with Crippen molar-refractivity contribution in [2.24, 2.45) is 11.3 Å². The van der Waals surface area contributed by atoms with E-state index in [1.807, 2.05) is 20.8 Å². The molecule has 2 unspecified atom stereocenters. The zero-order chi connectivity index (χ0) is 16.5. The van der Waals surface area contributed by atoms with Crippen molar-refractivity contribution in [1.29, 1.82) is 0 Å². The SMILES string of the molecule is CCCCC(CCC)CC(=O)C(NC(=O)OC)C(C)(C)C. The van der Waals surface area contributed by atoms with Gasteiger partial charge in [0.2, 0.25) is 0 Å². The molecular weight excluding hydrogens is 266 g/mol. The predicted octanol–water partition coefficient (Wildman–Crippen LogP) is 4.32. The summed E-state index contributed by atoms with van der Waals surface area (Å²) in [4.78, 5) is 24.1. The first-order chi connectivity index (χ1) is 9.76. The highest BCUT2D eigenvalue weighted by Crippen LogP contribution is 2.25. The second kappa shape index (κ2) is 9.80. The van der Waals surface area contributed by atoms with E-state index in [4.69, 9.17) is 0 Å². The zero-order valence-corrected chi connectivity index (χ0v) is 14.6. The van der Waals surface area contributed by atoms with Gasteiger partial charge in [0.25, 0.3) is 0 Å². The fourth-order valence-electron chi connectivity index (χ4n) is 2.61. The molecule has 2 atom stereocenters. The predicted molar refractivity (Wildman–Crippen MR) is 86.3 cm³/mol. The van der Waals surface area contributed by atoms with E-state index in [0.717, 1.165) is 32.1 Å². The number of Topliss-reactive ketones (excluding diaryl/α,β-unsaturated/α-hetero) is 1. The molecule has 0 aliphatic rings. The summed E-state index contributed by atoms with van der Waals surface area (Å²) in [5, 5.41) is 2.70. The Hall–Kier alpha value is -1.06. The van der Waals surface area contributed by atoms with E-state index in [2.05, 4.69) is 23.9 Å². The van der Waals surface area contributed by atoms with E-state index < -0.39 is 12.1 Å². The molecule has 0 aromatic rings. The summed E-state index contributed by atoms with van der Waals surface area (Å²) in [5.74, 6) is 0.536. The third kappa shape index (κ3) is 8.08. The van der Waals surface area contributed by atoms with Crippen LogP contribution in [0.15, 0.2) is 0 Å². The molecule has 0 aromatic carbocycles. The van der Waals surface area contributed by atoms with Crippen LogP contribution >= 0.6 is 0 Å². The molecule has 0 bridgehead atoms. The number of amides is 1. The van der Waals surface area contributed by atoms with Crippen LogP contribution in [0.5, 0.6) is 0 Å². The molecule has 1 amide bonds. The van der Waals surface area contributed by atoms with Gasteiger partial charge in [0, 0.05) is 6.42 Å². The highest BCUT2D eigenvalue weighted by atomic mass is 16.5. The first-order valence-electron chi connectivity index (χ1n) is 8.13. The lowest BCUT2D eigenvalue weighted by Crippen LogP contribution is -2.49. The molecule has 124 valence electrons. The topological polar surface area (TPSA) is 55.4 Å². The summed E-state index contributed by atoms with van der Waals surface area (Å²) in [7, 11) is 1.32.